The van der Waals surface area contributed by atoms with Crippen LogP contribution in [0.5, 0.6) is 0 Å². The Bertz CT molecular complexity index is 2160. The molecule has 1 aromatic carbocycles. The van der Waals surface area contributed by atoms with Crippen molar-refractivity contribution in [2.45, 2.75) is 55.2 Å². The molecule has 1 unspecified atom stereocenters. The number of aromatic amines is 1. The number of halogens is 3. The molecule has 7 rings (SSSR count). The van der Waals surface area contributed by atoms with Crippen molar-refractivity contribution < 1.29 is 55.5 Å². The summed E-state index contributed by atoms with van der Waals surface area (Å²) >= 11 is 0. The van der Waals surface area contributed by atoms with Crippen molar-refractivity contribution in [3.8, 4) is 0 Å². The monoisotopic (exact) mass is 809 g/mol. The zero-order chi connectivity index (χ0) is 39.7. The molecule has 0 radical (unpaired) electrons. The van der Waals surface area contributed by atoms with E-state index in [1.165, 1.54) is 24.4 Å². The van der Waals surface area contributed by atoms with Crippen molar-refractivity contribution in [3.63, 3.8) is 0 Å². The second kappa shape index (κ2) is 16.4. The lowest BCUT2D eigenvalue weighted by atomic mass is 10.1. The zero-order valence-electron chi connectivity index (χ0n) is 29.7. The molecule has 9 atom stereocenters. The molecule has 0 bridgehead atoms. The largest absolute Gasteiger partial charge is 0.471 e. The molecule has 3 saturated heterocycles. The van der Waals surface area contributed by atoms with Crippen LogP contribution in [-0.4, -0.2) is 130 Å². The van der Waals surface area contributed by atoms with Crippen molar-refractivity contribution in [2.24, 2.45) is 0 Å². The molecule has 6 heterocycles. The average molecular weight is 810 g/mol. The summed E-state index contributed by atoms with van der Waals surface area (Å²) in [4.78, 5) is 64.6. The topological polar surface area (TPSA) is 225 Å². The van der Waals surface area contributed by atoms with Crippen molar-refractivity contribution in [1.29, 1.82) is 0 Å². The summed E-state index contributed by atoms with van der Waals surface area (Å²) in [6.45, 7) is -0.457. The lowest BCUT2D eigenvalue weighted by Crippen LogP contribution is -2.52. The first-order valence-electron chi connectivity index (χ1n) is 16.9. The minimum Gasteiger partial charge on any atom is -0.382 e. The average Bonchev–Trinajstić information content (AvgIpc) is 3.95. The van der Waals surface area contributed by atoms with Crippen LogP contribution >= 0.6 is 8.53 Å². The summed E-state index contributed by atoms with van der Waals surface area (Å²) in [6, 6.07) is 7.92. The maximum absolute atomic E-state index is 13.6. The maximum Gasteiger partial charge on any atom is 0.471 e. The number of H-pyrrole nitrogens is 1. The lowest BCUT2D eigenvalue weighted by Gasteiger charge is -2.31. The molecule has 3 N–H and O–H groups in total. The highest BCUT2D eigenvalue weighted by atomic mass is 31.2. The third-order valence-corrected chi connectivity index (χ3v) is 10.4. The predicted octanol–water partition coefficient (Wildman–Crippen LogP) is 1.05. The molecular formula is C32H35F3N9O11P. The zero-order valence-corrected chi connectivity index (χ0v) is 30.6. The second-order valence-corrected chi connectivity index (χ2v) is 14.5. The molecule has 0 spiro atoms. The van der Waals surface area contributed by atoms with Crippen molar-refractivity contribution in [1.82, 2.24) is 39.1 Å². The summed E-state index contributed by atoms with van der Waals surface area (Å²) in [6.07, 6.45) is -8.49. The fourth-order valence-electron chi connectivity index (χ4n) is 6.44. The van der Waals surface area contributed by atoms with Crippen LogP contribution in [0.3, 0.4) is 0 Å². The third-order valence-electron chi connectivity index (χ3n) is 8.95. The first-order chi connectivity index (χ1) is 26.8. The number of ether oxygens (including phenoxy) is 5. The van der Waals surface area contributed by atoms with Crippen LogP contribution in [0.4, 0.5) is 19.0 Å². The fourth-order valence-corrected chi connectivity index (χ4v) is 7.67. The summed E-state index contributed by atoms with van der Waals surface area (Å²) < 4.78 is 86.4. The minimum absolute atomic E-state index is 0.0607. The Labute approximate surface area is 315 Å². The smallest absolute Gasteiger partial charge is 0.382 e. The van der Waals surface area contributed by atoms with E-state index < -0.39 is 86.8 Å². The van der Waals surface area contributed by atoms with Crippen LogP contribution in [0.25, 0.3) is 11.2 Å². The van der Waals surface area contributed by atoms with E-state index in [0.717, 1.165) is 16.8 Å². The molecular weight excluding hydrogens is 774 g/mol. The number of methoxy groups -OCH3 is 1. The van der Waals surface area contributed by atoms with E-state index in [-0.39, 0.29) is 25.8 Å². The van der Waals surface area contributed by atoms with E-state index in [1.807, 2.05) is 10.3 Å². The fraction of sp³-hybridized carbons (Fsp3) is 0.469. The van der Waals surface area contributed by atoms with E-state index in [4.69, 9.17) is 32.7 Å². The number of alkyl halides is 3. The standard InChI is InChI=1S/C32H35F3N9O11P/c1-42(2)56(55-22-17(11-49-3)53-28(20(22)40-30(47)32(33,34)35)43-10-9-19(45)39-31(43)48)52-12-18-23-24(51-15-50-23)29(54-18)44-14-38-21-25(36-13-37-26(21)44)41-27(46)16-7-5-4-6-8-16/h4-10,13-14,17-18,20,22-24,28-29H,11-12,15H2,1-3H3,(H,40,47)(H,39,45,48)(H,36,37,41,46)/t17-,18-,20-,22-,23-,24-,28-,29-,56?/m1/s1. The van der Waals surface area contributed by atoms with E-state index in [0.29, 0.717) is 16.7 Å². The predicted molar refractivity (Wildman–Crippen MR) is 185 cm³/mol. The number of hydrogen-bond acceptors (Lipinski definition) is 15. The van der Waals surface area contributed by atoms with Gasteiger partial charge in [-0.2, -0.15) is 13.2 Å². The number of imidazole rings is 1. The first-order valence-corrected chi connectivity index (χ1v) is 18.0. The van der Waals surface area contributed by atoms with E-state index in [1.54, 1.807) is 49.0 Å². The molecule has 3 aliphatic heterocycles. The molecule has 20 nitrogen and oxygen atoms in total. The molecule has 24 heteroatoms. The highest BCUT2D eigenvalue weighted by Crippen LogP contribution is 2.48. The molecule has 2 amide bonds. The molecule has 0 saturated carbocycles. The van der Waals surface area contributed by atoms with Gasteiger partial charge in [-0.1, -0.05) is 18.2 Å². The van der Waals surface area contributed by atoms with E-state index in [9.17, 15) is 32.3 Å². The normalized spacial score (nSPS) is 26.8. The number of carbonyl (C=O) groups is 2. The number of amides is 2. The van der Waals surface area contributed by atoms with Gasteiger partial charge in [0, 0.05) is 24.9 Å². The van der Waals surface area contributed by atoms with Gasteiger partial charge in [-0.15, -0.1) is 0 Å². The quantitative estimate of drug-likeness (QED) is 0.161. The van der Waals surface area contributed by atoms with Gasteiger partial charge in [-0.3, -0.25) is 28.5 Å². The maximum atomic E-state index is 13.6. The van der Waals surface area contributed by atoms with Gasteiger partial charge in [0.15, 0.2) is 29.4 Å². The van der Waals surface area contributed by atoms with Crippen LogP contribution in [0.2, 0.25) is 0 Å². The van der Waals surface area contributed by atoms with Crippen molar-refractivity contribution in [2.75, 3.05) is 46.5 Å². The van der Waals surface area contributed by atoms with Crippen LogP contribution in [0.15, 0.2) is 64.8 Å². The highest BCUT2D eigenvalue weighted by molar-refractivity contribution is 7.44. The Morgan fingerprint density at radius 1 is 1.00 bits per heavy atom. The molecule has 3 fully saturated rings. The summed E-state index contributed by atoms with van der Waals surface area (Å²) in [7, 11) is 2.38. The van der Waals surface area contributed by atoms with Gasteiger partial charge in [0.05, 0.1) is 19.5 Å². The van der Waals surface area contributed by atoms with Crippen molar-refractivity contribution >= 4 is 37.3 Å². The number of aromatic nitrogens is 6. The van der Waals surface area contributed by atoms with Gasteiger partial charge in [0.2, 0.25) is 0 Å². The number of benzene rings is 1. The Kier molecular flexibility index (Phi) is 11.6. The Morgan fingerprint density at radius 2 is 1.75 bits per heavy atom. The SMILES string of the molecule is COC[C@H]1O[C@@H](n2ccc(=O)[nH]c2=O)[C@H](NC(=O)C(F)(F)F)[C@@H]1OP(OC[C@H]1O[C@@H](n2cnc3c(NC(=O)c4ccccc4)ncnc32)[C@@H]2OCO[C@@H]21)N(C)C. The number of nitrogens with zero attached hydrogens (tertiary/aromatic N) is 6. The first kappa shape index (κ1) is 39.5. The van der Waals surface area contributed by atoms with Crippen LogP contribution < -0.4 is 21.9 Å². The summed E-state index contributed by atoms with van der Waals surface area (Å²) in [5, 5.41) is 4.65. The Balaban J connectivity index is 1.10. The molecule has 3 aromatic heterocycles. The van der Waals surface area contributed by atoms with Gasteiger partial charge in [-0.05, 0) is 26.2 Å². The number of rotatable bonds is 13. The summed E-state index contributed by atoms with van der Waals surface area (Å²) in [5.74, 6) is -2.53. The highest BCUT2D eigenvalue weighted by Gasteiger charge is 2.54. The second-order valence-electron chi connectivity index (χ2n) is 12.8. The number of anilines is 1. The van der Waals surface area contributed by atoms with E-state index in [2.05, 4.69) is 20.3 Å². The molecule has 3 aliphatic rings. The molecule has 4 aromatic rings. The molecule has 300 valence electrons. The van der Waals surface area contributed by atoms with E-state index >= 15 is 0 Å². The van der Waals surface area contributed by atoms with Crippen LogP contribution in [-0.2, 0) is 37.5 Å². The Morgan fingerprint density at radius 3 is 2.46 bits per heavy atom. The van der Waals surface area contributed by atoms with Crippen LogP contribution in [0.1, 0.15) is 22.8 Å². The minimum atomic E-state index is -5.30. The van der Waals surface area contributed by atoms with Gasteiger partial charge >= 0.3 is 17.8 Å². The van der Waals surface area contributed by atoms with Gasteiger partial charge in [-0.25, -0.2) is 24.4 Å². The van der Waals surface area contributed by atoms with Crippen molar-refractivity contribution in [3.05, 3.63) is 81.7 Å². The summed E-state index contributed by atoms with van der Waals surface area (Å²) in [5.41, 5.74) is -0.714. The molecule has 56 heavy (non-hydrogen) atoms. The number of hydrogen-bond donors (Lipinski definition) is 3. The number of nitrogens with one attached hydrogen (secondary N) is 3. The van der Waals surface area contributed by atoms with Crippen LogP contribution in [0, 0.1) is 0 Å². The van der Waals surface area contributed by atoms with Gasteiger partial charge in [0.1, 0.15) is 49.7 Å². The number of fused-ring (bicyclic) bond motifs is 2. The third kappa shape index (κ3) is 8.08. The molecule has 0 aliphatic carbocycles. The number of carbonyl (C=O) groups excluding carboxylic acids is 2. The van der Waals surface area contributed by atoms with Gasteiger partial charge < -0.3 is 43.4 Å². The Hall–Kier alpha value is -4.71. The van der Waals surface area contributed by atoms with Gasteiger partial charge in [0.25, 0.3) is 20.0 Å². The lowest BCUT2D eigenvalue weighted by molar-refractivity contribution is -0.175.